The third-order valence-corrected chi connectivity index (χ3v) is 4.32. The third kappa shape index (κ3) is 2.66. The summed E-state index contributed by atoms with van der Waals surface area (Å²) in [5.74, 6) is 0.406. The van der Waals surface area contributed by atoms with Crippen molar-refractivity contribution in [1.29, 1.82) is 0 Å². The smallest absolute Gasteiger partial charge is 0.133 e. The SMILES string of the molecule is Fc1ccc(-c2nn(-c3ccc(F)cc3)c3c2CCCCN3)cc1. The molecule has 0 amide bonds. The number of halogens is 2. The lowest BCUT2D eigenvalue weighted by Crippen LogP contribution is -2.07. The van der Waals surface area contributed by atoms with Gasteiger partial charge in [-0.3, -0.25) is 0 Å². The van der Waals surface area contributed by atoms with Crippen LogP contribution in [0, 0.1) is 11.6 Å². The fourth-order valence-electron chi connectivity index (χ4n) is 3.11. The van der Waals surface area contributed by atoms with Gasteiger partial charge in [-0.2, -0.15) is 5.10 Å². The van der Waals surface area contributed by atoms with Gasteiger partial charge in [-0.15, -0.1) is 0 Å². The first-order valence-corrected chi connectivity index (χ1v) is 8.10. The van der Waals surface area contributed by atoms with E-state index in [1.165, 1.54) is 24.3 Å². The second kappa shape index (κ2) is 6.07. The van der Waals surface area contributed by atoms with E-state index in [2.05, 4.69) is 5.32 Å². The predicted octanol–water partition coefficient (Wildman–Crippen LogP) is 4.57. The fraction of sp³-hybridized carbons (Fsp3) is 0.211. The van der Waals surface area contributed by atoms with Crippen LogP contribution < -0.4 is 5.32 Å². The number of nitrogens with one attached hydrogen (secondary N) is 1. The van der Waals surface area contributed by atoms with Gasteiger partial charge in [0, 0.05) is 17.7 Å². The molecule has 0 aliphatic carbocycles. The van der Waals surface area contributed by atoms with E-state index in [0.717, 1.165) is 54.1 Å². The molecule has 0 unspecified atom stereocenters. The molecular weight excluding hydrogens is 308 g/mol. The van der Waals surface area contributed by atoms with Crippen LogP contribution in [0.25, 0.3) is 16.9 Å². The van der Waals surface area contributed by atoms with Crippen LogP contribution in [-0.4, -0.2) is 16.3 Å². The van der Waals surface area contributed by atoms with Gasteiger partial charge >= 0.3 is 0 Å². The molecule has 122 valence electrons. The van der Waals surface area contributed by atoms with Crippen molar-refractivity contribution < 1.29 is 8.78 Å². The zero-order valence-corrected chi connectivity index (χ0v) is 13.1. The summed E-state index contributed by atoms with van der Waals surface area (Å²) in [6.45, 7) is 0.878. The van der Waals surface area contributed by atoms with E-state index in [1.807, 2.05) is 4.68 Å². The lowest BCUT2D eigenvalue weighted by Gasteiger charge is -2.09. The van der Waals surface area contributed by atoms with Crippen LogP contribution >= 0.6 is 0 Å². The van der Waals surface area contributed by atoms with Gasteiger partial charge in [0.1, 0.15) is 17.5 Å². The monoisotopic (exact) mass is 325 g/mol. The highest BCUT2D eigenvalue weighted by Gasteiger charge is 2.21. The van der Waals surface area contributed by atoms with Crippen molar-refractivity contribution in [3.05, 3.63) is 65.7 Å². The molecule has 0 fully saturated rings. The van der Waals surface area contributed by atoms with Crippen LogP contribution in [0.5, 0.6) is 0 Å². The second-order valence-corrected chi connectivity index (χ2v) is 5.95. The van der Waals surface area contributed by atoms with Gasteiger partial charge < -0.3 is 5.32 Å². The van der Waals surface area contributed by atoms with Gasteiger partial charge in [-0.1, -0.05) is 0 Å². The fourth-order valence-corrected chi connectivity index (χ4v) is 3.11. The molecule has 2 heterocycles. The molecule has 0 saturated heterocycles. The molecule has 3 aromatic rings. The summed E-state index contributed by atoms with van der Waals surface area (Å²) in [7, 11) is 0. The summed E-state index contributed by atoms with van der Waals surface area (Å²) in [5.41, 5.74) is 3.67. The molecule has 5 heteroatoms. The average molecular weight is 325 g/mol. The first-order valence-electron chi connectivity index (χ1n) is 8.10. The third-order valence-electron chi connectivity index (χ3n) is 4.32. The molecule has 0 radical (unpaired) electrons. The largest absolute Gasteiger partial charge is 0.370 e. The van der Waals surface area contributed by atoms with Crippen molar-refractivity contribution in [2.45, 2.75) is 19.3 Å². The minimum absolute atomic E-state index is 0.263. The van der Waals surface area contributed by atoms with E-state index in [-0.39, 0.29) is 11.6 Å². The Kier molecular flexibility index (Phi) is 3.76. The van der Waals surface area contributed by atoms with Crippen molar-refractivity contribution >= 4 is 5.82 Å². The number of rotatable bonds is 2. The quantitative estimate of drug-likeness (QED) is 0.748. The van der Waals surface area contributed by atoms with Crippen molar-refractivity contribution in [2.75, 3.05) is 11.9 Å². The van der Waals surface area contributed by atoms with Crippen LogP contribution in [0.3, 0.4) is 0 Å². The molecule has 0 spiro atoms. The molecule has 1 aliphatic rings. The Morgan fingerprint density at radius 1 is 0.875 bits per heavy atom. The molecule has 0 saturated carbocycles. The molecule has 1 N–H and O–H groups in total. The van der Waals surface area contributed by atoms with Crippen LogP contribution in [0.1, 0.15) is 18.4 Å². The van der Waals surface area contributed by atoms with E-state index < -0.39 is 0 Å². The van der Waals surface area contributed by atoms with E-state index in [9.17, 15) is 8.78 Å². The Bertz CT molecular complexity index is 782. The standard InChI is InChI=1S/C19H17F2N3/c20-14-6-4-13(5-7-14)18-17-3-1-2-12-22-19(17)24(23-18)16-10-8-15(21)9-11-16/h4-11,22H,1-3,12H2. The average Bonchev–Trinajstić information content (AvgIpc) is 2.78. The molecule has 24 heavy (non-hydrogen) atoms. The maximum absolute atomic E-state index is 13.2. The number of aromatic nitrogens is 2. The minimum Gasteiger partial charge on any atom is -0.370 e. The minimum atomic E-state index is -0.274. The van der Waals surface area contributed by atoms with Crippen LogP contribution in [-0.2, 0) is 6.42 Å². The maximum atomic E-state index is 13.2. The molecule has 2 aromatic carbocycles. The Morgan fingerprint density at radius 3 is 2.25 bits per heavy atom. The maximum Gasteiger partial charge on any atom is 0.133 e. The second-order valence-electron chi connectivity index (χ2n) is 5.95. The summed E-state index contributed by atoms with van der Waals surface area (Å²) in [6, 6.07) is 12.7. The summed E-state index contributed by atoms with van der Waals surface area (Å²) in [6.07, 6.45) is 3.07. The number of benzene rings is 2. The first kappa shape index (κ1) is 14.9. The Labute approximate surface area is 138 Å². The summed E-state index contributed by atoms with van der Waals surface area (Å²) < 4.78 is 28.3. The van der Waals surface area contributed by atoms with Crippen molar-refractivity contribution in [3.8, 4) is 16.9 Å². The van der Waals surface area contributed by atoms with E-state index in [0.29, 0.717) is 0 Å². The van der Waals surface area contributed by atoms with Gasteiger partial charge in [-0.05, 0) is 67.8 Å². The van der Waals surface area contributed by atoms with Crippen molar-refractivity contribution in [2.24, 2.45) is 0 Å². The highest BCUT2D eigenvalue weighted by atomic mass is 19.1. The molecule has 4 rings (SSSR count). The van der Waals surface area contributed by atoms with Gasteiger partial charge in [-0.25, -0.2) is 13.5 Å². The lowest BCUT2D eigenvalue weighted by atomic mass is 10.0. The number of fused-ring (bicyclic) bond motifs is 1. The van der Waals surface area contributed by atoms with Crippen LogP contribution in [0.4, 0.5) is 14.6 Å². The zero-order valence-electron chi connectivity index (χ0n) is 13.1. The Hall–Kier alpha value is -2.69. The normalized spacial score (nSPS) is 13.9. The molecule has 1 aliphatic heterocycles. The molecule has 0 atom stereocenters. The molecule has 3 nitrogen and oxygen atoms in total. The summed E-state index contributed by atoms with van der Waals surface area (Å²) in [4.78, 5) is 0. The topological polar surface area (TPSA) is 29.9 Å². The van der Waals surface area contributed by atoms with Gasteiger partial charge in [0.15, 0.2) is 0 Å². The van der Waals surface area contributed by atoms with Crippen LogP contribution in [0.15, 0.2) is 48.5 Å². The number of hydrogen-bond acceptors (Lipinski definition) is 2. The Morgan fingerprint density at radius 2 is 1.54 bits per heavy atom. The first-order chi connectivity index (χ1) is 11.7. The molecular formula is C19H17F2N3. The highest BCUT2D eigenvalue weighted by Crippen LogP contribution is 2.34. The van der Waals surface area contributed by atoms with Crippen molar-refractivity contribution in [3.63, 3.8) is 0 Å². The molecule has 0 bridgehead atoms. The highest BCUT2D eigenvalue weighted by molar-refractivity contribution is 5.71. The van der Waals surface area contributed by atoms with Gasteiger partial charge in [0.25, 0.3) is 0 Å². The predicted molar refractivity (Wildman–Crippen MR) is 90.3 cm³/mol. The number of hydrogen-bond donors (Lipinski definition) is 1. The van der Waals surface area contributed by atoms with Crippen molar-refractivity contribution in [1.82, 2.24) is 9.78 Å². The van der Waals surface area contributed by atoms with E-state index >= 15 is 0 Å². The number of anilines is 1. The molecule has 1 aromatic heterocycles. The Balaban J connectivity index is 1.88. The van der Waals surface area contributed by atoms with Crippen LogP contribution in [0.2, 0.25) is 0 Å². The lowest BCUT2D eigenvalue weighted by molar-refractivity contribution is 0.627. The van der Waals surface area contributed by atoms with Gasteiger partial charge in [0.05, 0.1) is 11.4 Å². The summed E-state index contributed by atoms with van der Waals surface area (Å²) >= 11 is 0. The summed E-state index contributed by atoms with van der Waals surface area (Å²) in [5, 5.41) is 8.18. The van der Waals surface area contributed by atoms with E-state index in [4.69, 9.17) is 5.10 Å². The number of nitrogens with zero attached hydrogens (tertiary/aromatic N) is 2. The van der Waals surface area contributed by atoms with Gasteiger partial charge in [0.2, 0.25) is 0 Å². The zero-order chi connectivity index (χ0) is 16.5. The van der Waals surface area contributed by atoms with E-state index in [1.54, 1.807) is 24.3 Å².